The molecule has 0 radical (unpaired) electrons. The molecule has 2 N–H and O–H groups in total. The van der Waals surface area contributed by atoms with Gasteiger partial charge in [-0.05, 0) is 51.0 Å². The summed E-state index contributed by atoms with van der Waals surface area (Å²) in [4.78, 5) is 2.20. The monoisotopic (exact) mass is 408 g/mol. The van der Waals surface area contributed by atoms with Crippen molar-refractivity contribution in [3.05, 3.63) is 21.1 Å². The van der Waals surface area contributed by atoms with E-state index in [0.29, 0.717) is 13.1 Å². The van der Waals surface area contributed by atoms with E-state index in [1.54, 1.807) is 7.11 Å². The van der Waals surface area contributed by atoms with Gasteiger partial charge in [-0.3, -0.25) is 0 Å². The molecule has 1 rings (SSSR count). The summed E-state index contributed by atoms with van der Waals surface area (Å²) < 4.78 is 7.09. The molecular formula is C14H22Br2N2O2. The third-order valence-electron chi connectivity index (χ3n) is 3.13. The predicted molar refractivity (Wildman–Crippen MR) is 90.7 cm³/mol. The van der Waals surface area contributed by atoms with Crippen LogP contribution in [0.4, 0.5) is 5.69 Å². The summed E-state index contributed by atoms with van der Waals surface area (Å²) in [7, 11) is 1.63. The molecule has 1 unspecified atom stereocenters. The van der Waals surface area contributed by atoms with Gasteiger partial charge in [0.1, 0.15) is 5.75 Å². The standard InChI is InChI=1S/C14H22Br2N2O2/c1-4-18(5-2)9-10(19)8-17-13-7-14(20-3)12(16)6-11(13)15/h6-7,10,17,19H,4-5,8-9H2,1-3H3. The molecule has 0 aliphatic heterocycles. The number of aliphatic hydroxyl groups excluding tert-OH is 1. The van der Waals surface area contributed by atoms with E-state index in [1.807, 2.05) is 12.1 Å². The lowest BCUT2D eigenvalue weighted by Gasteiger charge is -2.22. The second-order valence-electron chi connectivity index (χ2n) is 4.49. The van der Waals surface area contributed by atoms with Crippen LogP contribution in [-0.2, 0) is 0 Å². The second kappa shape index (κ2) is 8.87. The minimum absolute atomic E-state index is 0.406. The summed E-state index contributed by atoms with van der Waals surface area (Å²) in [6, 6.07) is 3.83. The smallest absolute Gasteiger partial charge is 0.135 e. The number of methoxy groups -OCH3 is 1. The van der Waals surface area contributed by atoms with Crippen LogP contribution in [-0.4, -0.2) is 49.4 Å². The van der Waals surface area contributed by atoms with Gasteiger partial charge in [0, 0.05) is 23.6 Å². The number of nitrogens with one attached hydrogen (secondary N) is 1. The first kappa shape index (κ1) is 17.8. The maximum absolute atomic E-state index is 10.1. The number of ether oxygens (including phenoxy) is 1. The molecule has 0 aliphatic carbocycles. The van der Waals surface area contributed by atoms with Gasteiger partial charge in [0.25, 0.3) is 0 Å². The Morgan fingerprint density at radius 1 is 1.25 bits per heavy atom. The first-order valence-electron chi connectivity index (χ1n) is 6.69. The Labute approximate surface area is 137 Å². The molecule has 1 aromatic rings. The number of rotatable bonds is 8. The number of benzene rings is 1. The van der Waals surface area contributed by atoms with Crippen LogP contribution in [0.2, 0.25) is 0 Å². The fourth-order valence-electron chi connectivity index (χ4n) is 1.89. The quantitative estimate of drug-likeness (QED) is 0.691. The van der Waals surface area contributed by atoms with Gasteiger partial charge >= 0.3 is 0 Å². The molecule has 1 atom stereocenters. The molecule has 0 spiro atoms. The third kappa shape index (κ3) is 5.24. The van der Waals surface area contributed by atoms with Crippen LogP contribution in [0.15, 0.2) is 21.1 Å². The van der Waals surface area contributed by atoms with E-state index in [0.717, 1.165) is 33.5 Å². The fourth-order valence-corrected chi connectivity index (χ4v) is 3.19. The number of hydrogen-bond donors (Lipinski definition) is 2. The van der Waals surface area contributed by atoms with Gasteiger partial charge in [-0.15, -0.1) is 0 Å². The van der Waals surface area contributed by atoms with Gasteiger partial charge in [-0.1, -0.05) is 13.8 Å². The third-order valence-corrected chi connectivity index (χ3v) is 4.41. The van der Waals surface area contributed by atoms with Gasteiger partial charge < -0.3 is 20.1 Å². The van der Waals surface area contributed by atoms with Gasteiger partial charge in [0.15, 0.2) is 0 Å². The summed E-state index contributed by atoms with van der Waals surface area (Å²) >= 11 is 6.93. The van der Waals surface area contributed by atoms with Gasteiger partial charge in [0.05, 0.1) is 23.4 Å². The molecule has 0 saturated carbocycles. The Balaban J connectivity index is 2.61. The first-order chi connectivity index (χ1) is 9.51. The number of nitrogens with zero attached hydrogens (tertiary/aromatic N) is 1. The van der Waals surface area contributed by atoms with Crippen LogP contribution in [0.25, 0.3) is 0 Å². The van der Waals surface area contributed by atoms with Crippen molar-refractivity contribution in [2.24, 2.45) is 0 Å². The SMILES string of the molecule is CCN(CC)CC(O)CNc1cc(OC)c(Br)cc1Br. The second-order valence-corrected chi connectivity index (χ2v) is 6.20. The van der Waals surface area contributed by atoms with Crippen LogP contribution in [0, 0.1) is 0 Å². The van der Waals surface area contributed by atoms with Crippen molar-refractivity contribution in [2.75, 3.05) is 38.6 Å². The van der Waals surface area contributed by atoms with E-state index in [9.17, 15) is 5.11 Å². The molecule has 0 aliphatic rings. The van der Waals surface area contributed by atoms with E-state index in [2.05, 4.69) is 55.9 Å². The molecule has 0 saturated heterocycles. The summed E-state index contributed by atoms with van der Waals surface area (Å²) in [5.74, 6) is 0.758. The van der Waals surface area contributed by atoms with E-state index >= 15 is 0 Å². The lowest BCUT2D eigenvalue weighted by Crippen LogP contribution is -2.35. The van der Waals surface area contributed by atoms with Crippen molar-refractivity contribution in [3.8, 4) is 5.75 Å². The van der Waals surface area contributed by atoms with Gasteiger partial charge in [-0.2, -0.15) is 0 Å². The Hall–Kier alpha value is -0.300. The Bertz CT molecular complexity index is 426. The largest absolute Gasteiger partial charge is 0.495 e. The zero-order chi connectivity index (χ0) is 15.1. The van der Waals surface area contributed by atoms with Crippen LogP contribution in [0.5, 0.6) is 5.75 Å². The average Bonchev–Trinajstić information content (AvgIpc) is 2.43. The van der Waals surface area contributed by atoms with Crippen molar-refractivity contribution in [2.45, 2.75) is 20.0 Å². The molecule has 0 bridgehead atoms. The number of likely N-dealkylation sites (N-methyl/N-ethyl adjacent to an activating group) is 1. The minimum atomic E-state index is -0.406. The van der Waals surface area contributed by atoms with Crippen molar-refractivity contribution in [1.82, 2.24) is 4.90 Å². The Kier molecular flexibility index (Phi) is 7.87. The van der Waals surface area contributed by atoms with E-state index < -0.39 is 6.10 Å². The molecule has 0 amide bonds. The molecule has 1 aromatic carbocycles. The molecule has 0 heterocycles. The molecule has 6 heteroatoms. The Morgan fingerprint density at radius 3 is 2.45 bits per heavy atom. The zero-order valence-electron chi connectivity index (χ0n) is 12.1. The number of anilines is 1. The first-order valence-corrected chi connectivity index (χ1v) is 8.27. The summed E-state index contributed by atoms with van der Waals surface area (Å²) in [6.07, 6.45) is -0.406. The molecule has 0 aromatic heterocycles. The van der Waals surface area contributed by atoms with E-state index in [-0.39, 0.29) is 0 Å². The lowest BCUT2D eigenvalue weighted by atomic mass is 10.2. The molecule has 4 nitrogen and oxygen atoms in total. The van der Waals surface area contributed by atoms with Crippen LogP contribution >= 0.6 is 31.9 Å². The van der Waals surface area contributed by atoms with E-state index in [1.165, 1.54) is 0 Å². The predicted octanol–water partition coefficient (Wildman–Crippen LogP) is 3.33. The van der Waals surface area contributed by atoms with Crippen molar-refractivity contribution >= 4 is 37.5 Å². The summed E-state index contributed by atoms with van der Waals surface area (Å²) in [5, 5.41) is 13.3. The Morgan fingerprint density at radius 2 is 1.90 bits per heavy atom. The topological polar surface area (TPSA) is 44.7 Å². The van der Waals surface area contributed by atoms with Gasteiger partial charge in [-0.25, -0.2) is 0 Å². The summed E-state index contributed by atoms with van der Waals surface area (Å²) in [5.41, 5.74) is 0.906. The lowest BCUT2D eigenvalue weighted by molar-refractivity contribution is 0.128. The zero-order valence-corrected chi connectivity index (χ0v) is 15.3. The van der Waals surface area contributed by atoms with Crippen molar-refractivity contribution in [1.29, 1.82) is 0 Å². The number of halogens is 2. The maximum Gasteiger partial charge on any atom is 0.135 e. The maximum atomic E-state index is 10.1. The molecular weight excluding hydrogens is 388 g/mol. The number of aliphatic hydroxyl groups is 1. The highest BCUT2D eigenvalue weighted by Gasteiger charge is 2.11. The number of hydrogen-bond acceptors (Lipinski definition) is 4. The van der Waals surface area contributed by atoms with Gasteiger partial charge in [0.2, 0.25) is 0 Å². The van der Waals surface area contributed by atoms with Crippen molar-refractivity contribution in [3.63, 3.8) is 0 Å². The highest BCUT2D eigenvalue weighted by atomic mass is 79.9. The highest BCUT2D eigenvalue weighted by molar-refractivity contribution is 9.11. The highest BCUT2D eigenvalue weighted by Crippen LogP contribution is 2.34. The van der Waals surface area contributed by atoms with Crippen LogP contribution < -0.4 is 10.1 Å². The van der Waals surface area contributed by atoms with E-state index in [4.69, 9.17) is 4.74 Å². The summed E-state index contributed by atoms with van der Waals surface area (Å²) in [6.45, 7) is 7.26. The fraction of sp³-hybridized carbons (Fsp3) is 0.571. The van der Waals surface area contributed by atoms with Crippen LogP contribution in [0.1, 0.15) is 13.8 Å². The molecule has 114 valence electrons. The van der Waals surface area contributed by atoms with Crippen molar-refractivity contribution < 1.29 is 9.84 Å². The normalized spacial score (nSPS) is 12.6. The average molecular weight is 410 g/mol. The van der Waals surface area contributed by atoms with Crippen LogP contribution in [0.3, 0.4) is 0 Å². The molecule has 20 heavy (non-hydrogen) atoms. The molecule has 0 fully saturated rings. The minimum Gasteiger partial charge on any atom is -0.495 e.